The molecule has 0 spiro atoms. The lowest BCUT2D eigenvalue weighted by Crippen LogP contribution is -1.98. The smallest absolute Gasteiger partial charge is 0.0835 e. The summed E-state index contributed by atoms with van der Waals surface area (Å²) in [4.78, 5) is 0. The normalized spacial score (nSPS) is 12.4. The topological polar surface area (TPSA) is 0 Å². The fraction of sp³-hybridized carbons (Fsp3) is 0.294. The van der Waals surface area contributed by atoms with Crippen LogP contribution in [-0.4, -0.2) is 0 Å². The fourth-order valence-corrected chi connectivity index (χ4v) is 2.94. The fourth-order valence-electron chi connectivity index (χ4n) is 2.30. The summed E-state index contributed by atoms with van der Waals surface area (Å²) in [5.41, 5.74) is 5.19. The quantitative estimate of drug-likeness (QED) is 0.465. The van der Waals surface area contributed by atoms with Crippen molar-refractivity contribution in [2.75, 3.05) is 0 Å². The minimum Gasteiger partial charge on any atom is -0.113 e. The Morgan fingerprint density at radius 1 is 0.895 bits per heavy atom. The van der Waals surface area contributed by atoms with Gasteiger partial charge < -0.3 is 0 Å². The summed E-state index contributed by atoms with van der Waals surface area (Å²) in [7, 11) is 0. The van der Waals surface area contributed by atoms with Gasteiger partial charge in [0.05, 0.1) is 5.38 Å². The number of rotatable bonds is 4. The zero-order valence-electron chi connectivity index (χ0n) is 11.3. The van der Waals surface area contributed by atoms with Crippen molar-refractivity contribution in [3.8, 4) is 0 Å². The van der Waals surface area contributed by atoms with Crippen molar-refractivity contribution < 1.29 is 0 Å². The summed E-state index contributed by atoms with van der Waals surface area (Å²) in [5.74, 6) is 0. The van der Waals surface area contributed by atoms with Gasteiger partial charge in [0.1, 0.15) is 0 Å². The van der Waals surface area contributed by atoms with E-state index in [4.69, 9.17) is 11.6 Å². The van der Waals surface area contributed by atoms with Gasteiger partial charge in [-0.1, -0.05) is 44.2 Å². The number of halogens is 2. The Bertz CT molecular complexity index is 546. The first kappa shape index (κ1) is 14.9. The van der Waals surface area contributed by atoms with E-state index in [1.807, 2.05) is 0 Å². The van der Waals surface area contributed by atoms with E-state index in [9.17, 15) is 0 Å². The zero-order chi connectivity index (χ0) is 13.8. The average Bonchev–Trinajstić information content (AvgIpc) is 2.46. The third-order valence-electron chi connectivity index (χ3n) is 3.45. The molecule has 2 aromatic rings. The second kappa shape index (κ2) is 6.76. The molecular weight excluding hydrogens is 367 g/mol. The van der Waals surface area contributed by atoms with Crippen molar-refractivity contribution in [1.82, 2.24) is 0 Å². The third-order valence-corrected chi connectivity index (χ3v) is 4.67. The molecule has 0 fully saturated rings. The molecule has 0 radical (unpaired) electrons. The van der Waals surface area contributed by atoms with Gasteiger partial charge in [0.25, 0.3) is 0 Å². The third kappa shape index (κ3) is 3.51. The van der Waals surface area contributed by atoms with Crippen molar-refractivity contribution >= 4 is 34.2 Å². The van der Waals surface area contributed by atoms with Gasteiger partial charge in [0.15, 0.2) is 0 Å². The van der Waals surface area contributed by atoms with Gasteiger partial charge in [-0.05, 0) is 69.8 Å². The van der Waals surface area contributed by atoms with Crippen LogP contribution in [-0.2, 0) is 12.8 Å². The van der Waals surface area contributed by atoms with Crippen molar-refractivity contribution in [2.45, 2.75) is 32.1 Å². The number of hydrogen-bond donors (Lipinski definition) is 0. The Morgan fingerprint density at radius 3 is 2.05 bits per heavy atom. The maximum absolute atomic E-state index is 6.61. The van der Waals surface area contributed by atoms with Crippen molar-refractivity contribution in [2.24, 2.45) is 0 Å². The number of benzene rings is 2. The van der Waals surface area contributed by atoms with Crippen LogP contribution in [0, 0.1) is 3.57 Å². The molecule has 0 nitrogen and oxygen atoms in total. The van der Waals surface area contributed by atoms with Crippen LogP contribution in [0.2, 0.25) is 0 Å². The van der Waals surface area contributed by atoms with E-state index in [1.165, 1.54) is 20.3 Å². The van der Waals surface area contributed by atoms with Gasteiger partial charge >= 0.3 is 0 Å². The van der Waals surface area contributed by atoms with Gasteiger partial charge in [-0.25, -0.2) is 0 Å². The highest BCUT2D eigenvalue weighted by Crippen LogP contribution is 2.30. The molecule has 0 aromatic heterocycles. The summed E-state index contributed by atoms with van der Waals surface area (Å²) in [5, 5.41) is -0.0618. The highest BCUT2D eigenvalue weighted by atomic mass is 127. The SMILES string of the molecule is CCc1ccc(C(Cl)c2ccc(I)cc2)cc1CC. The van der Waals surface area contributed by atoms with Gasteiger partial charge in [0.2, 0.25) is 0 Å². The lowest BCUT2D eigenvalue weighted by atomic mass is 9.96. The Labute approximate surface area is 134 Å². The highest BCUT2D eigenvalue weighted by Gasteiger charge is 2.12. The first-order chi connectivity index (χ1) is 9.15. The number of alkyl halides is 1. The first-order valence-corrected chi connectivity index (χ1v) is 8.18. The molecule has 0 N–H and O–H groups in total. The van der Waals surface area contributed by atoms with E-state index < -0.39 is 0 Å². The van der Waals surface area contributed by atoms with Crippen molar-refractivity contribution in [3.63, 3.8) is 0 Å². The number of hydrogen-bond acceptors (Lipinski definition) is 0. The largest absolute Gasteiger partial charge is 0.113 e. The number of aryl methyl sites for hydroxylation is 2. The van der Waals surface area contributed by atoms with E-state index in [0.717, 1.165) is 18.4 Å². The maximum atomic E-state index is 6.61. The first-order valence-electron chi connectivity index (χ1n) is 6.67. The molecule has 0 aliphatic carbocycles. The van der Waals surface area contributed by atoms with Gasteiger partial charge in [-0.2, -0.15) is 0 Å². The van der Waals surface area contributed by atoms with Crippen LogP contribution in [0.15, 0.2) is 42.5 Å². The lowest BCUT2D eigenvalue weighted by molar-refractivity contribution is 1.02. The molecule has 0 aliphatic rings. The van der Waals surface area contributed by atoms with Crippen LogP contribution < -0.4 is 0 Å². The van der Waals surface area contributed by atoms with Crippen LogP contribution in [0.1, 0.15) is 41.5 Å². The average molecular weight is 385 g/mol. The monoisotopic (exact) mass is 384 g/mol. The molecular formula is C17H18ClI. The Balaban J connectivity index is 2.33. The van der Waals surface area contributed by atoms with E-state index >= 15 is 0 Å². The summed E-state index contributed by atoms with van der Waals surface area (Å²) in [6, 6.07) is 15.1. The molecule has 2 rings (SSSR count). The lowest BCUT2D eigenvalue weighted by Gasteiger charge is -2.14. The Hall–Kier alpha value is -0.540. The van der Waals surface area contributed by atoms with Crippen LogP contribution >= 0.6 is 34.2 Å². The van der Waals surface area contributed by atoms with Gasteiger partial charge in [-0.15, -0.1) is 11.6 Å². The van der Waals surface area contributed by atoms with E-state index in [1.54, 1.807) is 0 Å². The minimum atomic E-state index is -0.0618. The van der Waals surface area contributed by atoms with Crippen LogP contribution in [0.25, 0.3) is 0 Å². The second-order valence-electron chi connectivity index (χ2n) is 4.65. The molecule has 2 heteroatoms. The predicted octanol–water partition coefficient (Wildman–Crippen LogP) is 5.74. The molecule has 0 aliphatic heterocycles. The molecule has 0 saturated heterocycles. The molecule has 1 atom stereocenters. The maximum Gasteiger partial charge on any atom is 0.0835 e. The molecule has 1 unspecified atom stereocenters. The highest BCUT2D eigenvalue weighted by molar-refractivity contribution is 14.1. The molecule has 100 valence electrons. The molecule has 2 aromatic carbocycles. The van der Waals surface area contributed by atoms with Crippen molar-refractivity contribution in [1.29, 1.82) is 0 Å². The van der Waals surface area contributed by atoms with Gasteiger partial charge in [-0.3, -0.25) is 0 Å². The second-order valence-corrected chi connectivity index (χ2v) is 6.33. The van der Waals surface area contributed by atoms with Crippen LogP contribution in [0.5, 0.6) is 0 Å². The summed E-state index contributed by atoms with van der Waals surface area (Å²) >= 11 is 8.92. The summed E-state index contributed by atoms with van der Waals surface area (Å²) in [6.07, 6.45) is 2.15. The standard InChI is InChI=1S/C17H18ClI/c1-3-12-5-6-15(11-13(12)4-2)17(18)14-7-9-16(19)10-8-14/h5-11,17H,3-4H2,1-2H3. The molecule has 0 heterocycles. The molecule has 0 saturated carbocycles. The van der Waals surface area contributed by atoms with Crippen LogP contribution in [0.3, 0.4) is 0 Å². The van der Waals surface area contributed by atoms with E-state index in [2.05, 4.69) is 78.9 Å². The zero-order valence-corrected chi connectivity index (χ0v) is 14.2. The van der Waals surface area contributed by atoms with Gasteiger partial charge in [0, 0.05) is 3.57 Å². The van der Waals surface area contributed by atoms with E-state index in [0.29, 0.717) is 0 Å². The minimum absolute atomic E-state index is 0.0618. The summed E-state index contributed by atoms with van der Waals surface area (Å²) < 4.78 is 1.24. The Morgan fingerprint density at radius 2 is 1.47 bits per heavy atom. The molecule has 0 bridgehead atoms. The predicted molar refractivity (Wildman–Crippen MR) is 92.1 cm³/mol. The van der Waals surface area contributed by atoms with Crippen molar-refractivity contribution in [3.05, 3.63) is 68.3 Å². The van der Waals surface area contributed by atoms with E-state index in [-0.39, 0.29) is 5.38 Å². The molecule has 0 amide bonds. The van der Waals surface area contributed by atoms with Crippen LogP contribution in [0.4, 0.5) is 0 Å². The Kier molecular flexibility index (Phi) is 5.28. The summed E-state index contributed by atoms with van der Waals surface area (Å²) in [6.45, 7) is 4.40. The molecule has 19 heavy (non-hydrogen) atoms.